The smallest absolute Gasteiger partial charge is 0.257 e. The highest BCUT2D eigenvalue weighted by atomic mass is 79.9. The summed E-state index contributed by atoms with van der Waals surface area (Å²) < 4.78 is 27.4. The predicted octanol–water partition coefficient (Wildman–Crippen LogP) is 2.37. The molecular formula is C13H15BrF2N2O2. The first-order valence-electron chi connectivity index (χ1n) is 6.10. The Morgan fingerprint density at radius 2 is 1.85 bits per heavy atom. The molecule has 0 fully saturated rings. The van der Waals surface area contributed by atoms with Crippen LogP contribution in [-0.2, 0) is 4.79 Å². The third-order valence-corrected chi connectivity index (χ3v) is 2.98. The van der Waals surface area contributed by atoms with Gasteiger partial charge in [-0.2, -0.15) is 0 Å². The fourth-order valence-corrected chi connectivity index (χ4v) is 1.90. The number of nitrogens with one attached hydrogen (secondary N) is 2. The van der Waals surface area contributed by atoms with Gasteiger partial charge in [-0.1, -0.05) is 22.9 Å². The number of amides is 2. The maximum absolute atomic E-state index is 13.6. The maximum atomic E-state index is 13.6. The van der Waals surface area contributed by atoms with E-state index in [1.54, 1.807) is 0 Å². The Bertz CT molecular complexity index is 500. The van der Waals surface area contributed by atoms with Crippen molar-refractivity contribution in [1.29, 1.82) is 0 Å². The Kier molecular flexibility index (Phi) is 6.06. The summed E-state index contributed by atoms with van der Waals surface area (Å²) in [5.74, 6) is -3.35. The lowest BCUT2D eigenvalue weighted by molar-refractivity contribution is -0.122. The largest absolute Gasteiger partial charge is 0.354 e. The van der Waals surface area contributed by atoms with E-state index in [-0.39, 0.29) is 4.47 Å². The van der Waals surface area contributed by atoms with Crippen LogP contribution in [0.3, 0.4) is 0 Å². The van der Waals surface area contributed by atoms with Crippen molar-refractivity contribution < 1.29 is 18.4 Å². The summed E-state index contributed by atoms with van der Waals surface area (Å²) in [7, 11) is 0. The third-order valence-electron chi connectivity index (χ3n) is 2.52. The van der Waals surface area contributed by atoms with E-state index in [2.05, 4.69) is 26.6 Å². The SMILES string of the molecule is CCCNC(=O)C(C)NC(=O)c1c(F)cc(Br)cc1F. The van der Waals surface area contributed by atoms with Gasteiger partial charge in [-0.25, -0.2) is 8.78 Å². The summed E-state index contributed by atoms with van der Waals surface area (Å²) in [5.41, 5.74) is -0.705. The average molecular weight is 349 g/mol. The van der Waals surface area contributed by atoms with Gasteiger partial charge in [0.15, 0.2) is 0 Å². The lowest BCUT2D eigenvalue weighted by atomic mass is 10.1. The molecule has 0 aliphatic carbocycles. The van der Waals surface area contributed by atoms with Gasteiger partial charge < -0.3 is 10.6 Å². The molecule has 1 aromatic rings. The van der Waals surface area contributed by atoms with Crippen molar-refractivity contribution in [2.45, 2.75) is 26.3 Å². The van der Waals surface area contributed by atoms with Crippen LogP contribution in [0, 0.1) is 11.6 Å². The zero-order chi connectivity index (χ0) is 15.3. The average Bonchev–Trinajstić information content (AvgIpc) is 2.34. The number of hydrogen-bond acceptors (Lipinski definition) is 2. The molecule has 0 aliphatic heterocycles. The van der Waals surface area contributed by atoms with E-state index in [4.69, 9.17) is 0 Å². The van der Waals surface area contributed by atoms with Crippen LogP contribution >= 0.6 is 15.9 Å². The number of hydrogen-bond donors (Lipinski definition) is 2. The molecule has 1 aromatic carbocycles. The summed E-state index contributed by atoms with van der Waals surface area (Å²) in [5, 5.41) is 4.84. The Morgan fingerprint density at radius 3 is 2.35 bits per heavy atom. The first-order chi connectivity index (χ1) is 9.36. The standard InChI is InChI=1S/C13H15BrF2N2O2/c1-3-4-17-12(19)7(2)18-13(20)11-9(15)5-8(14)6-10(11)16/h5-7H,3-4H2,1-2H3,(H,17,19)(H,18,20). The van der Waals surface area contributed by atoms with E-state index in [0.717, 1.165) is 18.6 Å². The molecule has 7 heteroatoms. The molecule has 1 atom stereocenters. The number of carbonyl (C=O) groups excluding carboxylic acids is 2. The van der Waals surface area contributed by atoms with Gasteiger partial charge in [0.05, 0.1) is 0 Å². The van der Waals surface area contributed by atoms with E-state index >= 15 is 0 Å². The molecular weight excluding hydrogens is 334 g/mol. The molecule has 0 aromatic heterocycles. The van der Waals surface area contributed by atoms with E-state index in [1.165, 1.54) is 6.92 Å². The molecule has 0 saturated heterocycles. The Balaban J connectivity index is 2.79. The van der Waals surface area contributed by atoms with Gasteiger partial charge in [-0.3, -0.25) is 9.59 Å². The Labute approximate surface area is 124 Å². The maximum Gasteiger partial charge on any atom is 0.257 e. The Morgan fingerprint density at radius 1 is 1.30 bits per heavy atom. The topological polar surface area (TPSA) is 58.2 Å². The molecule has 20 heavy (non-hydrogen) atoms. The van der Waals surface area contributed by atoms with E-state index in [9.17, 15) is 18.4 Å². The van der Waals surface area contributed by atoms with Crippen molar-refractivity contribution in [2.24, 2.45) is 0 Å². The van der Waals surface area contributed by atoms with Gasteiger partial charge in [0.1, 0.15) is 23.2 Å². The van der Waals surface area contributed by atoms with Crippen LogP contribution in [0.5, 0.6) is 0 Å². The van der Waals surface area contributed by atoms with Gasteiger partial charge in [0.25, 0.3) is 5.91 Å². The van der Waals surface area contributed by atoms with Crippen LogP contribution in [0.15, 0.2) is 16.6 Å². The number of benzene rings is 1. The summed E-state index contributed by atoms with van der Waals surface area (Å²) in [4.78, 5) is 23.4. The monoisotopic (exact) mass is 348 g/mol. The van der Waals surface area contributed by atoms with E-state index < -0.39 is 35.1 Å². The number of halogens is 3. The van der Waals surface area contributed by atoms with Crippen LogP contribution in [0.2, 0.25) is 0 Å². The first-order valence-corrected chi connectivity index (χ1v) is 6.89. The minimum Gasteiger partial charge on any atom is -0.354 e. The third kappa shape index (κ3) is 4.26. The second-order valence-electron chi connectivity index (χ2n) is 4.23. The summed E-state index contributed by atoms with van der Waals surface area (Å²) in [6.45, 7) is 3.80. The van der Waals surface area contributed by atoms with Crippen molar-refractivity contribution in [3.63, 3.8) is 0 Å². The second kappa shape index (κ2) is 7.33. The first kappa shape index (κ1) is 16.6. The van der Waals surface area contributed by atoms with Crippen LogP contribution in [-0.4, -0.2) is 24.4 Å². The van der Waals surface area contributed by atoms with Crippen molar-refractivity contribution in [3.05, 3.63) is 33.8 Å². The molecule has 1 unspecified atom stereocenters. The minimum atomic E-state index is -0.990. The fraction of sp³-hybridized carbons (Fsp3) is 0.385. The highest BCUT2D eigenvalue weighted by molar-refractivity contribution is 9.10. The zero-order valence-electron chi connectivity index (χ0n) is 11.1. The Hall–Kier alpha value is -1.50. The van der Waals surface area contributed by atoms with Crippen LogP contribution < -0.4 is 10.6 Å². The fourth-order valence-electron chi connectivity index (χ4n) is 1.49. The predicted molar refractivity (Wildman–Crippen MR) is 74.3 cm³/mol. The van der Waals surface area contributed by atoms with Crippen molar-refractivity contribution >= 4 is 27.7 Å². The van der Waals surface area contributed by atoms with Crippen molar-refractivity contribution in [1.82, 2.24) is 10.6 Å². The van der Waals surface area contributed by atoms with E-state index in [1.807, 2.05) is 6.92 Å². The molecule has 0 bridgehead atoms. The van der Waals surface area contributed by atoms with Crippen molar-refractivity contribution in [2.75, 3.05) is 6.54 Å². The molecule has 4 nitrogen and oxygen atoms in total. The number of rotatable bonds is 5. The minimum absolute atomic E-state index is 0.192. The highest BCUT2D eigenvalue weighted by Gasteiger charge is 2.22. The highest BCUT2D eigenvalue weighted by Crippen LogP contribution is 2.19. The van der Waals surface area contributed by atoms with Gasteiger partial charge in [0, 0.05) is 11.0 Å². The second-order valence-corrected chi connectivity index (χ2v) is 5.15. The lowest BCUT2D eigenvalue weighted by Gasteiger charge is -2.14. The molecule has 110 valence electrons. The molecule has 0 heterocycles. The van der Waals surface area contributed by atoms with Crippen LogP contribution in [0.4, 0.5) is 8.78 Å². The molecule has 0 aliphatic rings. The van der Waals surface area contributed by atoms with Crippen LogP contribution in [0.1, 0.15) is 30.6 Å². The molecule has 0 radical (unpaired) electrons. The van der Waals surface area contributed by atoms with Crippen LogP contribution in [0.25, 0.3) is 0 Å². The molecule has 1 rings (SSSR count). The summed E-state index contributed by atoms with van der Waals surface area (Å²) in [6, 6.07) is 1.09. The van der Waals surface area contributed by atoms with Gasteiger partial charge in [-0.15, -0.1) is 0 Å². The van der Waals surface area contributed by atoms with Gasteiger partial charge in [-0.05, 0) is 25.5 Å². The normalized spacial score (nSPS) is 11.8. The van der Waals surface area contributed by atoms with Crippen molar-refractivity contribution in [3.8, 4) is 0 Å². The molecule has 0 saturated carbocycles. The quantitative estimate of drug-likeness (QED) is 0.858. The summed E-state index contributed by atoms with van der Waals surface area (Å²) >= 11 is 2.92. The van der Waals surface area contributed by atoms with Gasteiger partial charge >= 0.3 is 0 Å². The molecule has 2 amide bonds. The van der Waals surface area contributed by atoms with E-state index in [0.29, 0.717) is 6.54 Å². The zero-order valence-corrected chi connectivity index (χ0v) is 12.7. The molecule has 0 spiro atoms. The lowest BCUT2D eigenvalue weighted by Crippen LogP contribution is -2.45. The molecule has 2 N–H and O–H groups in total. The van der Waals surface area contributed by atoms with Gasteiger partial charge in [0.2, 0.25) is 5.91 Å². The number of carbonyl (C=O) groups is 2. The summed E-state index contributed by atoms with van der Waals surface area (Å²) in [6.07, 6.45) is 0.752.